The Labute approximate surface area is 232 Å². The lowest BCUT2D eigenvalue weighted by Gasteiger charge is -2.16. The van der Waals surface area contributed by atoms with Crippen LogP contribution in [0.15, 0.2) is 112 Å². The molecule has 0 aromatic heterocycles. The van der Waals surface area contributed by atoms with Gasteiger partial charge in [-0.3, -0.25) is 9.69 Å². The molecule has 0 bridgehead atoms. The van der Waals surface area contributed by atoms with Gasteiger partial charge in [-0.15, -0.1) is 0 Å². The van der Waals surface area contributed by atoms with Crippen molar-refractivity contribution in [2.45, 2.75) is 25.7 Å². The minimum atomic E-state index is -4.00. The third kappa shape index (κ3) is 6.13. The summed E-state index contributed by atoms with van der Waals surface area (Å²) >= 11 is 1.27. The third-order valence-electron chi connectivity index (χ3n) is 6.03. The summed E-state index contributed by atoms with van der Waals surface area (Å²) in [4.78, 5) is 20.5. The molecule has 1 heterocycles. The number of amides is 1. The number of nitrogens with zero attached hydrogens (tertiary/aromatic N) is 2. The van der Waals surface area contributed by atoms with Crippen LogP contribution in [-0.4, -0.2) is 19.5 Å². The monoisotopic (exact) mass is 554 g/mol. The summed E-state index contributed by atoms with van der Waals surface area (Å²) in [7, 11) is -4.00. The Kier molecular flexibility index (Phi) is 7.41. The molecule has 0 atom stereocenters. The fourth-order valence-electron chi connectivity index (χ4n) is 3.89. The van der Waals surface area contributed by atoms with E-state index in [2.05, 4.69) is 0 Å². The van der Waals surface area contributed by atoms with E-state index < -0.39 is 10.1 Å². The number of anilines is 1. The summed E-state index contributed by atoms with van der Waals surface area (Å²) in [5.41, 5.74) is 5.24. The fraction of sp³-hybridized carbons (Fsp3) is 0.0968. The second-order valence-corrected chi connectivity index (χ2v) is 11.8. The van der Waals surface area contributed by atoms with Gasteiger partial charge in [-0.2, -0.15) is 8.42 Å². The van der Waals surface area contributed by atoms with E-state index >= 15 is 0 Å². The number of benzene rings is 4. The molecule has 0 spiro atoms. The van der Waals surface area contributed by atoms with E-state index in [1.807, 2.05) is 69.3 Å². The predicted molar refractivity (Wildman–Crippen MR) is 158 cm³/mol. The molecule has 0 saturated carbocycles. The molecule has 6 nitrogen and oxygen atoms in total. The molecule has 4 aromatic carbocycles. The van der Waals surface area contributed by atoms with Crippen molar-refractivity contribution in [3.05, 3.63) is 124 Å². The van der Waals surface area contributed by atoms with Crippen LogP contribution < -0.4 is 9.08 Å². The van der Waals surface area contributed by atoms with E-state index in [1.54, 1.807) is 47.4 Å². The highest BCUT2D eigenvalue weighted by molar-refractivity contribution is 8.19. The molecular weight excluding hydrogens is 528 g/mol. The molecule has 0 N–H and O–H groups in total. The fourth-order valence-corrected chi connectivity index (χ4v) is 5.81. The molecule has 0 radical (unpaired) electrons. The van der Waals surface area contributed by atoms with Gasteiger partial charge in [-0.1, -0.05) is 65.2 Å². The summed E-state index contributed by atoms with van der Waals surface area (Å²) in [6, 6.07) is 28.6. The van der Waals surface area contributed by atoms with Crippen molar-refractivity contribution in [3.63, 3.8) is 0 Å². The van der Waals surface area contributed by atoms with Gasteiger partial charge in [0.1, 0.15) is 10.6 Å². The highest BCUT2D eigenvalue weighted by Crippen LogP contribution is 2.37. The van der Waals surface area contributed by atoms with Crippen molar-refractivity contribution in [1.29, 1.82) is 0 Å². The van der Waals surface area contributed by atoms with Crippen LogP contribution in [0.1, 0.15) is 22.3 Å². The molecule has 0 aliphatic carbocycles. The average molecular weight is 555 g/mol. The summed E-state index contributed by atoms with van der Waals surface area (Å²) in [5.74, 6) is -0.0578. The van der Waals surface area contributed by atoms with Crippen LogP contribution in [0.5, 0.6) is 5.75 Å². The normalized spacial score (nSPS) is 15.8. The van der Waals surface area contributed by atoms with Gasteiger partial charge in [0.15, 0.2) is 5.17 Å². The van der Waals surface area contributed by atoms with Gasteiger partial charge in [0, 0.05) is 0 Å². The van der Waals surface area contributed by atoms with Gasteiger partial charge in [-0.05, 0) is 92.7 Å². The predicted octanol–water partition coefficient (Wildman–Crippen LogP) is 7.19. The van der Waals surface area contributed by atoms with E-state index in [4.69, 9.17) is 9.18 Å². The molecular formula is C31H26N2O4S2. The highest BCUT2D eigenvalue weighted by Gasteiger charge is 2.34. The van der Waals surface area contributed by atoms with E-state index in [0.717, 1.165) is 22.4 Å². The SMILES string of the molecule is Cc1ccc(N=C2S/C(=C\c3cccc(OS(=O)(=O)c4ccc(C)cc4)c3)C(=O)N2c2ccc(C)cc2)cc1. The lowest BCUT2D eigenvalue weighted by Crippen LogP contribution is -2.28. The first kappa shape index (κ1) is 26.5. The maximum absolute atomic E-state index is 13.6. The Morgan fingerprint density at radius 1 is 0.795 bits per heavy atom. The molecule has 39 heavy (non-hydrogen) atoms. The quantitative estimate of drug-likeness (QED) is 0.186. The highest BCUT2D eigenvalue weighted by atomic mass is 32.2. The zero-order chi connectivity index (χ0) is 27.6. The van der Waals surface area contributed by atoms with Crippen LogP contribution in [0.25, 0.3) is 6.08 Å². The van der Waals surface area contributed by atoms with Crippen LogP contribution in [0.3, 0.4) is 0 Å². The van der Waals surface area contributed by atoms with Gasteiger partial charge < -0.3 is 4.18 Å². The van der Waals surface area contributed by atoms with E-state index in [9.17, 15) is 13.2 Å². The molecule has 196 valence electrons. The number of amidine groups is 1. The smallest absolute Gasteiger partial charge is 0.339 e. The second-order valence-electron chi connectivity index (χ2n) is 9.24. The number of hydrogen-bond donors (Lipinski definition) is 0. The number of carbonyl (C=O) groups excluding carboxylic acids is 1. The molecule has 1 fully saturated rings. The summed E-state index contributed by atoms with van der Waals surface area (Å²) in [6.07, 6.45) is 1.72. The summed E-state index contributed by atoms with van der Waals surface area (Å²) in [6.45, 7) is 5.88. The number of hydrogen-bond acceptors (Lipinski definition) is 6. The Bertz CT molecular complexity index is 1690. The standard InChI is InChI=1S/C31H26N2O4S2/c1-21-7-13-25(14-8-21)32-31-33(26-15-9-22(2)10-16-26)30(34)29(38-31)20-24-5-4-6-27(19-24)37-39(35,36)28-17-11-23(3)12-18-28/h4-20H,1-3H3/b29-20-,32-31?. The lowest BCUT2D eigenvalue weighted by atomic mass is 10.2. The molecule has 4 aromatic rings. The van der Waals surface area contributed by atoms with Crippen LogP contribution in [0, 0.1) is 20.8 Å². The lowest BCUT2D eigenvalue weighted by molar-refractivity contribution is -0.113. The van der Waals surface area contributed by atoms with Crippen LogP contribution >= 0.6 is 11.8 Å². The van der Waals surface area contributed by atoms with Gasteiger partial charge in [0.2, 0.25) is 0 Å². The summed E-state index contributed by atoms with van der Waals surface area (Å²) in [5, 5.41) is 0.535. The number of thioether (sulfide) groups is 1. The Morgan fingerprint density at radius 2 is 1.38 bits per heavy atom. The molecule has 0 unspecified atom stereocenters. The first-order chi connectivity index (χ1) is 18.7. The van der Waals surface area contributed by atoms with Gasteiger partial charge in [-0.25, -0.2) is 4.99 Å². The van der Waals surface area contributed by atoms with Crippen molar-refractivity contribution >= 4 is 50.4 Å². The number of aryl methyl sites for hydroxylation is 3. The van der Waals surface area contributed by atoms with Crippen molar-refractivity contribution in [2.24, 2.45) is 4.99 Å². The Balaban J connectivity index is 1.47. The van der Waals surface area contributed by atoms with Crippen LogP contribution in [0.4, 0.5) is 11.4 Å². The number of aliphatic imine (C=N–C) groups is 1. The van der Waals surface area contributed by atoms with Crippen molar-refractivity contribution in [2.75, 3.05) is 4.90 Å². The van der Waals surface area contributed by atoms with E-state index in [1.165, 1.54) is 23.9 Å². The van der Waals surface area contributed by atoms with Crippen molar-refractivity contribution < 1.29 is 17.4 Å². The van der Waals surface area contributed by atoms with Crippen molar-refractivity contribution in [3.8, 4) is 5.75 Å². The minimum Gasteiger partial charge on any atom is -0.379 e. The van der Waals surface area contributed by atoms with Gasteiger partial charge in [0.25, 0.3) is 5.91 Å². The molecule has 1 amide bonds. The first-order valence-corrected chi connectivity index (χ1v) is 14.5. The largest absolute Gasteiger partial charge is 0.379 e. The maximum Gasteiger partial charge on any atom is 0.339 e. The van der Waals surface area contributed by atoms with Gasteiger partial charge in [0.05, 0.1) is 16.3 Å². The van der Waals surface area contributed by atoms with Crippen LogP contribution in [-0.2, 0) is 14.9 Å². The first-order valence-electron chi connectivity index (χ1n) is 12.3. The topological polar surface area (TPSA) is 76.0 Å². The van der Waals surface area contributed by atoms with Crippen LogP contribution in [0.2, 0.25) is 0 Å². The zero-order valence-corrected chi connectivity index (χ0v) is 23.3. The molecule has 5 rings (SSSR count). The average Bonchev–Trinajstić information content (AvgIpc) is 3.20. The second kappa shape index (κ2) is 10.9. The van der Waals surface area contributed by atoms with E-state index in [-0.39, 0.29) is 16.6 Å². The maximum atomic E-state index is 13.6. The molecule has 1 saturated heterocycles. The number of carbonyl (C=O) groups is 1. The molecule has 1 aliphatic rings. The van der Waals surface area contributed by atoms with E-state index in [0.29, 0.717) is 21.3 Å². The zero-order valence-electron chi connectivity index (χ0n) is 21.7. The van der Waals surface area contributed by atoms with Crippen molar-refractivity contribution in [1.82, 2.24) is 0 Å². The Hall–Kier alpha value is -4.14. The van der Waals surface area contributed by atoms with Gasteiger partial charge >= 0.3 is 10.1 Å². The summed E-state index contributed by atoms with van der Waals surface area (Å²) < 4.78 is 30.9. The molecule has 8 heteroatoms. The number of rotatable bonds is 6. The Morgan fingerprint density at radius 3 is 2.03 bits per heavy atom. The third-order valence-corrected chi connectivity index (χ3v) is 8.26. The molecule has 1 aliphatic heterocycles. The minimum absolute atomic E-state index is 0.0732.